The minimum atomic E-state index is -0.0906. The van der Waals surface area contributed by atoms with Crippen LogP contribution in [0.4, 0.5) is 5.69 Å². The molecular formula is C13H21N3OS. The van der Waals surface area contributed by atoms with Crippen molar-refractivity contribution in [1.82, 2.24) is 5.32 Å². The van der Waals surface area contributed by atoms with Crippen molar-refractivity contribution >= 4 is 23.4 Å². The molecule has 4 nitrogen and oxygen atoms in total. The number of nitrogens with two attached hydrogens (primary N) is 1. The van der Waals surface area contributed by atoms with Crippen LogP contribution in [0.2, 0.25) is 0 Å². The quantitative estimate of drug-likeness (QED) is 0.546. The Balaban J connectivity index is 2.72. The molecule has 1 aromatic rings. The van der Waals surface area contributed by atoms with Crippen molar-refractivity contribution in [1.29, 1.82) is 0 Å². The van der Waals surface area contributed by atoms with E-state index in [1.54, 1.807) is 6.07 Å². The van der Waals surface area contributed by atoms with Gasteiger partial charge in [0.25, 0.3) is 5.91 Å². The molecule has 1 unspecified atom stereocenters. The SMILES string of the molecule is CCSCC(C)NC(=O)c1ccc(C)cc1NN. The van der Waals surface area contributed by atoms with Gasteiger partial charge in [-0.05, 0) is 37.3 Å². The summed E-state index contributed by atoms with van der Waals surface area (Å²) in [6, 6.07) is 5.70. The molecule has 1 atom stereocenters. The van der Waals surface area contributed by atoms with Gasteiger partial charge in [0, 0.05) is 11.8 Å². The number of hydrogen-bond donors (Lipinski definition) is 3. The van der Waals surface area contributed by atoms with Crippen molar-refractivity contribution < 1.29 is 4.79 Å². The maximum Gasteiger partial charge on any atom is 0.253 e. The molecule has 0 saturated heterocycles. The molecule has 0 spiro atoms. The van der Waals surface area contributed by atoms with E-state index >= 15 is 0 Å². The maximum absolute atomic E-state index is 12.1. The number of hydrazine groups is 1. The Bertz CT molecular complexity index is 409. The minimum Gasteiger partial charge on any atom is -0.349 e. The first-order valence-electron chi connectivity index (χ1n) is 6.04. The lowest BCUT2D eigenvalue weighted by molar-refractivity contribution is 0.0944. The van der Waals surface area contributed by atoms with Crippen LogP contribution in [0, 0.1) is 6.92 Å². The average molecular weight is 267 g/mol. The molecule has 5 heteroatoms. The van der Waals surface area contributed by atoms with E-state index < -0.39 is 0 Å². The highest BCUT2D eigenvalue weighted by atomic mass is 32.2. The van der Waals surface area contributed by atoms with Gasteiger partial charge < -0.3 is 10.7 Å². The Labute approximate surface area is 113 Å². The summed E-state index contributed by atoms with van der Waals surface area (Å²) in [6.07, 6.45) is 0. The van der Waals surface area contributed by atoms with Gasteiger partial charge in [-0.3, -0.25) is 10.6 Å². The maximum atomic E-state index is 12.1. The predicted octanol–water partition coefficient (Wildman–Crippen LogP) is 2.15. The number of anilines is 1. The van der Waals surface area contributed by atoms with Gasteiger partial charge in [-0.25, -0.2) is 0 Å². The third kappa shape index (κ3) is 4.23. The molecule has 0 aliphatic rings. The molecule has 4 N–H and O–H groups in total. The first-order chi connectivity index (χ1) is 8.58. The molecule has 0 radical (unpaired) electrons. The fourth-order valence-electron chi connectivity index (χ4n) is 1.61. The summed E-state index contributed by atoms with van der Waals surface area (Å²) in [5.74, 6) is 7.32. The number of thioether (sulfide) groups is 1. The largest absolute Gasteiger partial charge is 0.349 e. The number of aryl methyl sites for hydroxylation is 1. The minimum absolute atomic E-state index is 0.0906. The van der Waals surface area contributed by atoms with Gasteiger partial charge in [0.05, 0.1) is 11.3 Å². The molecule has 0 heterocycles. The van der Waals surface area contributed by atoms with E-state index in [0.717, 1.165) is 17.1 Å². The second kappa shape index (κ2) is 7.28. The highest BCUT2D eigenvalue weighted by molar-refractivity contribution is 7.99. The van der Waals surface area contributed by atoms with Gasteiger partial charge in [-0.1, -0.05) is 13.0 Å². The van der Waals surface area contributed by atoms with Crippen molar-refractivity contribution in [2.75, 3.05) is 16.9 Å². The monoisotopic (exact) mass is 267 g/mol. The number of nitrogen functional groups attached to an aromatic ring is 1. The molecule has 0 aromatic heterocycles. The van der Waals surface area contributed by atoms with E-state index in [1.165, 1.54) is 0 Å². The highest BCUT2D eigenvalue weighted by Gasteiger charge is 2.13. The Morgan fingerprint density at radius 2 is 2.22 bits per heavy atom. The molecule has 0 saturated carbocycles. The molecule has 100 valence electrons. The summed E-state index contributed by atoms with van der Waals surface area (Å²) >= 11 is 1.81. The van der Waals surface area contributed by atoms with Crippen LogP contribution in [0.1, 0.15) is 29.8 Å². The molecule has 0 fully saturated rings. The van der Waals surface area contributed by atoms with Gasteiger partial charge in [0.15, 0.2) is 0 Å². The summed E-state index contributed by atoms with van der Waals surface area (Å²) in [5, 5.41) is 2.97. The van der Waals surface area contributed by atoms with Gasteiger partial charge in [-0.2, -0.15) is 11.8 Å². The van der Waals surface area contributed by atoms with Crippen LogP contribution in [-0.2, 0) is 0 Å². The zero-order chi connectivity index (χ0) is 13.5. The number of benzene rings is 1. The highest BCUT2D eigenvalue weighted by Crippen LogP contribution is 2.16. The fourth-order valence-corrected chi connectivity index (χ4v) is 2.29. The van der Waals surface area contributed by atoms with Crippen LogP contribution >= 0.6 is 11.8 Å². The first-order valence-corrected chi connectivity index (χ1v) is 7.19. The smallest absolute Gasteiger partial charge is 0.253 e. The molecular weight excluding hydrogens is 246 g/mol. The second-order valence-corrected chi connectivity index (χ2v) is 5.55. The molecule has 0 bridgehead atoms. The van der Waals surface area contributed by atoms with Crippen LogP contribution < -0.4 is 16.6 Å². The van der Waals surface area contributed by atoms with Gasteiger partial charge in [0.2, 0.25) is 0 Å². The summed E-state index contributed by atoms with van der Waals surface area (Å²) in [4.78, 5) is 12.1. The molecule has 1 amide bonds. The van der Waals surface area contributed by atoms with Gasteiger partial charge in [0.1, 0.15) is 0 Å². The summed E-state index contributed by atoms with van der Waals surface area (Å²) in [5.41, 5.74) is 4.87. The molecule has 0 aliphatic carbocycles. The van der Waals surface area contributed by atoms with E-state index in [4.69, 9.17) is 5.84 Å². The number of nitrogens with one attached hydrogen (secondary N) is 2. The Hall–Kier alpha value is -1.20. The Kier molecular flexibility index (Phi) is 6.01. The van der Waals surface area contributed by atoms with Crippen LogP contribution in [-0.4, -0.2) is 23.5 Å². The van der Waals surface area contributed by atoms with Gasteiger partial charge >= 0.3 is 0 Å². The summed E-state index contributed by atoms with van der Waals surface area (Å²) < 4.78 is 0. The fraction of sp³-hybridized carbons (Fsp3) is 0.462. The lowest BCUT2D eigenvalue weighted by atomic mass is 10.1. The topological polar surface area (TPSA) is 67.2 Å². The van der Waals surface area contributed by atoms with Crippen molar-refractivity contribution in [3.63, 3.8) is 0 Å². The number of hydrogen-bond acceptors (Lipinski definition) is 4. The molecule has 18 heavy (non-hydrogen) atoms. The molecule has 1 rings (SSSR count). The van der Waals surface area contributed by atoms with Crippen LogP contribution in [0.25, 0.3) is 0 Å². The summed E-state index contributed by atoms with van der Waals surface area (Å²) in [7, 11) is 0. The normalized spacial score (nSPS) is 12.0. The molecule has 1 aromatic carbocycles. The van der Waals surface area contributed by atoms with Crippen LogP contribution in [0.15, 0.2) is 18.2 Å². The van der Waals surface area contributed by atoms with Crippen molar-refractivity contribution in [2.24, 2.45) is 5.84 Å². The van der Waals surface area contributed by atoms with E-state index in [-0.39, 0.29) is 11.9 Å². The zero-order valence-corrected chi connectivity index (χ0v) is 11.9. The van der Waals surface area contributed by atoms with Crippen molar-refractivity contribution in [3.8, 4) is 0 Å². The van der Waals surface area contributed by atoms with E-state index in [9.17, 15) is 4.79 Å². The number of carbonyl (C=O) groups is 1. The molecule has 0 aliphatic heterocycles. The predicted molar refractivity (Wildman–Crippen MR) is 78.9 cm³/mol. The lowest BCUT2D eigenvalue weighted by Crippen LogP contribution is -2.35. The van der Waals surface area contributed by atoms with Crippen LogP contribution in [0.3, 0.4) is 0 Å². The first kappa shape index (κ1) is 14.9. The van der Waals surface area contributed by atoms with E-state index in [0.29, 0.717) is 11.3 Å². The third-order valence-corrected chi connectivity index (χ3v) is 3.67. The second-order valence-electron chi connectivity index (χ2n) is 4.23. The van der Waals surface area contributed by atoms with Crippen LogP contribution in [0.5, 0.6) is 0 Å². The Morgan fingerprint density at radius 3 is 2.83 bits per heavy atom. The average Bonchev–Trinajstić information content (AvgIpc) is 2.35. The number of carbonyl (C=O) groups excluding carboxylic acids is 1. The number of amides is 1. The summed E-state index contributed by atoms with van der Waals surface area (Å²) in [6.45, 7) is 6.07. The van der Waals surface area contributed by atoms with E-state index in [2.05, 4.69) is 17.7 Å². The van der Waals surface area contributed by atoms with E-state index in [1.807, 2.05) is 37.7 Å². The number of rotatable bonds is 6. The zero-order valence-electron chi connectivity index (χ0n) is 11.1. The Morgan fingerprint density at radius 1 is 1.50 bits per heavy atom. The standard InChI is InChI=1S/C13H21N3OS/c1-4-18-8-10(3)15-13(17)11-6-5-9(2)7-12(11)16-14/h5-7,10,16H,4,8,14H2,1-3H3,(H,15,17). The van der Waals surface area contributed by atoms with Crippen molar-refractivity contribution in [3.05, 3.63) is 29.3 Å². The van der Waals surface area contributed by atoms with Gasteiger partial charge in [-0.15, -0.1) is 0 Å². The van der Waals surface area contributed by atoms with Crippen molar-refractivity contribution in [2.45, 2.75) is 26.8 Å². The third-order valence-electron chi connectivity index (χ3n) is 2.52. The lowest BCUT2D eigenvalue weighted by Gasteiger charge is -2.15.